The third-order valence-electron chi connectivity index (χ3n) is 0.422. The number of aliphatic carboxylic acids is 1. The van der Waals surface area contributed by atoms with Crippen molar-refractivity contribution in [2.75, 3.05) is 0 Å². The van der Waals surface area contributed by atoms with Crippen LogP contribution in [-0.4, -0.2) is 33.1 Å². The molecule has 0 saturated heterocycles. The van der Waals surface area contributed by atoms with Crippen molar-refractivity contribution in [3.8, 4) is 0 Å². The summed E-state index contributed by atoms with van der Waals surface area (Å²) in [7, 11) is 0. The summed E-state index contributed by atoms with van der Waals surface area (Å²) >= 11 is 0.843. The second kappa shape index (κ2) is 4.14. The first-order valence-electron chi connectivity index (χ1n) is 1.70. The van der Waals surface area contributed by atoms with E-state index in [1.807, 2.05) is 0 Å². The zero-order valence-electron chi connectivity index (χ0n) is 4.14. The molecule has 1 radical (unpaired) electrons. The standard InChI is InChI=1S/C3H7GeO2.H2O/c1-2(4)3(5)6;/h2H,4H2,1H3,(H,5,6);1H2/t2-;/m0./s1. The van der Waals surface area contributed by atoms with Crippen LogP contribution in [0, 0.1) is 0 Å². The van der Waals surface area contributed by atoms with Crippen LogP contribution in [0.25, 0.3) is 0 Å². The third-order valence-corrected chi connectivity index (χ3v) is 1.15. The summed E-state index contributed by atoms with van der Waals surface area (Å²) in [5.74, 6) is -0.685. The molecule has 3 N–H and O–H groups in total. The molecule has 0 aromatic heterocycles. The van der Waals surface area contributed by atoms with Crippen LogP contribution < -0.4 is 0 Å². The fourth-order valence-electron chi connectivity index (χ4n) is 0. The second-order valence-electron chi connectivity index (χ2n) is 1.24. The molecule has 0 fully saturated rings. The van der Waals surface area contributed by atoms with Crippen LogP contribution >= 0.6 is 0 Å². The summed E-state index contributed by atoms with van der Waals surface area (Å²) in [5.41, 5.74) is 0. The van der Waals surface area contributed by atoms with Crippen LogP contribution in [0.1, 0.15) is 6.92 Å². The zero-order chi connectivity index (χ0) is 5.15. The fraction of sp³-hybridized carbons (Fsp3) is 0.667. The number of hydrogen-bond donors (Lipinski definition) is 1. The number of carboxylic acid groups (broad SMARTS) is 1. The summed E-state index contributed by atoms with van der Waals surface area (Å²) in [6.45, 7) is 1.70. The molecule has 4 heteroatoms. The van der Waals surface area contributed by atoms with Gasteiger partial charge in [0.15, 0.2) is 0 Å². The minimum Gasteiger partial charge on any atom is -0.412 e. The molecule has 0 unspecified atom stereocenters. The van der Waals surface area contributed by atoms with E-state index in [4.69, 9.17) is 5.11 Å². The van der Waals surface area contributed by atoms with Gasteiger partial charge in [0.1, 0.15) is 0 Å². The van der Waals surface area contributed by atoms with Crippen LogP contribution in [0.4, 0.5) is 0 Å². The molecule has 7 heavy (non-hydrogen) atoms. The molecular formula is C3H9GeO3. The molecular weight excluding hydrogens is 157 g/mol. The topological polar surface area (TPSA) is 68.8 Å². The van der Waals surface area contributed by atoms with Crippen molar-refractivity contribution in [2.45, 2.75) is 11.7 Å². The molecule has 0 bridgehead atoms. The van der Waals surface area contributed by atoms with Gasteiger partial charge in [-0.15, -0.1) is 0 Å². The van der Waals surface area contributed by atoms with Crippen LogP contribution in [0.3, 0.4) is 0 Å². The summed E-state index contributed by atoms with van der Waals surface area (Å²) in [4.78, 5) is 9.73. The normalized spacial score (nSPS) is 11.7. The quantitative estimate of drug-likeness (QED) is 0.491. The van der Waals surface area contributed by atoms with Gasteiger partial charge >= 0.3 is 44.1 Å². The Kier molecular flexibility index (Phi) is 5.95. The van der Waals surface area contributed by atoms with Crippen molar-refractivity contribution in [3.05, 3.63) is 0 Å². The van der Waals surface area contributed by atoms with Gasteiger partial charge in [-0.2, -0.15) is 0 Å². The molecule has 0 heterocycles. The van der Waals surface area contributed by atoms with Gasteiger partial charge in [0, 0.05) is 0 Å². The van der Waals surface area contributed by atoms with E-state index in [0.29, 0.717) is 0 Å². The van der Waals surface area contributed by atoms with Crippen molar-refractivity contribution in [1.82, 2.24) is 0 Å². The van der Waals surface area contributed by atoms with Crippen molar-refractivity contribution in [2.24, 2.45) is 0 Å². The summed E-state index contributed by atoms with van der Waals surface area (Å²) < 4.78 is -0.106. The van der Waals surface area contributed by atoms with Crippen LogP contribution in [0.2, 0.25) is 4.75 Å². The Bertz CT molecular complexity index is 61.2. The smallest absolute Gasteiger partial charge is 0.412 e. The van der Waals surface area contributed by atoms with Crippen molar-refractivity contribution in [1.29, 1.82) is 0 Å². The molecule has 43 valence electrons. The first kappa shape index (κ1) is 10.1. The molecule has 0 aromatic rings. The molecule has 1 atom stereocenters. The van der Waals surface area contributed by atoms with Crippen LogP contribution in [0.15, 0.2) is 0 Å². The third kappa shape index (κ3) is 5.97. The summed E-state index contributed by atoms with van der Waals surface area (Å²) in [6, 6.07) is 0. The number of carbonyl (C=O) groups is 1. The molecule has 0 aliphatic heterocycles. The fourth-order valence-corrected chi connectivity index (χ4v) is 0. The van der Waals surface area contributed by atoms with Gasteiger partial charge in [-0.25, -0.2) is 0 Å². The SMILES string of the molecule is C[C@H]([GeH2])C(=O)O.O. The van der Waals surface area contributed by atoms with E-state index in [9.17, 15) is 4.79 Å². The van der Waals surface area contributed by atoms with E-state index in [1.165, 1.54) is 0 Å². The van der Waals surface area contributed by atoms with Crippen molar-refractivity contribution >= 4 is 22.5 Å². The van der Waals surface area contributed by atoms with Crippen molar-refractivity contribution < 1.29 is 15.4 Å². The largest absolute Gasteiger partial charge is 0.412 e. The Morgan fingerprint density at radius 3 is 2.00 bits per heavy atom. The molecule has 0 aromatic carbocycles. The van der Waals surface area contributed by atoms with Gasteiger partial charge in [0.05, 0.1) is 0 Å². The van der Waals surface area contributed by atoms with Crippen LogP contribution in [0.5, 0.6) is 0 Å². The zero-order valence-corrected chi connectivity index (χ0v) is 7.11. The van der Waals surface area contributed by atoms with E-state index < -0.39 is 5.97 Å². The minimum atomic E-state index is -0.685. The molecule has 0 aliphatic carbocycles. The molecule has 0 saturated carbocycles. The Morgan fingerprint density at radius 1 is 1.86 bits per heavy atom. The van der Waals surface area contributed by atoms with Gasteiger partial charge in [0.2, 0.25) is 0 Å². The van der Waals surface area contributed by atoms with Gasteiger partial charge < -0.3 is 5.48 Å². The predicted molar refractivity (Wildman–Crippen MR) is 29.2 cm³/mol. The monoisotopic (exact) mass is 167 g/mol. The molecule has 3 nitrogen and oxygen atoms in total. The van der Waals surface area contributed by atoms with Crippen molar-refractivity contribution in [3.63, 3.8) is 0 Å². The Balaban J connectivity index is 0. The first-order valence-corrected chi connectivity index (χ1v) is 3.42. The molecule has 0 spiro atoms. The van der Waals surface area contributed by atoms with Gasteiger partial charge in [-0.3, -0.25) is 0 Å². The van der Waals surface area contributed by atoms with Gasteiger partial charge in [0.25, 0.3) is 0 Å². The summed E-state index contributed by atoms with van der Waals surface area (Å²) in [6.07, 6.45) is 0. The maximum atomic E-state index is 9.73. The van der Waals surface area contributed by atoms with Gasteiger partial charge in [-0.1, -0.05) is 0 Å². The maximum Gasteiger partial charge on any atom is -0.412 e. The molecule has 0 amide bonds. The number of hydrogen-bond acceptors (Lipinski definition) is 1. The van der Waals surface area contributed by atoms with E-state index in [-0.39, 0.29) is 10.2 Å². The average Bonchev–Trinajstić information content (AvgIpc) is 1.36. The van der Waals surface area contributed by atoms with E-state index in [0.717, 1.165) is 16.5 Å². The average molecular weight is 166 g/mol. The first-order chi connectivity index (χ1) is 2.64. The molecule has 0 aliphatic rings. The van der Waals surface area contributed by atoms with E-state index >= 15 is 0 Å². The predicted octanol–water partition coefficient (Wildman–Crippen LogP) is -1.31. The summed E-state index contributed by atoms with van der Waals surface area (Å²) in [5, 5.41) is 8.02. The van der Waals surface area contributed by atoms with Crippen LogP contribution in [-0.2, 0) is 4.79 Å². The second-order valence-corrected chi connectivity index (χ2v) is 3.81. The van der Waals surface area contributed by atoms with Gasteiger partial charge in [-0.05, 0) is 0 Å². The Hall–Kier alpha value is -0.0271. The minimum absolute atomic E-state index is 0. The number of rotatable bonds is 1. The Morgan fingerprint density at radius 2 is 2.00 bits per heavy atom. The number of carboxylic acids is 1. The maximum absolute atomic E-state index is 9.73. The van der Waals surface area contributed by atoms with E-state index in [2.05, 4.69) is 0 Å². The molecule has 0 rings (SSSR count). The Labute approximate surface area is 50.3 Å². The van der Waals surface area contributed by atoms with E-state index in [1.54, 1.807) is 6.92 Å².